The minimum Gasteiger partial charge on any atom is -0.468 e. The summed E-state index contributed by atoms with van der Waals surface area (Å²) in [6.45, 7) is 0.126. The summed E-state index contributed by atoms with van der Waals surface area (Å²) in [5.74, 6) is -1.46. The highest BCUT2D eigenvalue weighted by Gasteiger charge is 2.16. The highest BCUT2D eigenvalue weighted by atomic mass is 79.9. The Bertz CT molecular complexity index is 501. The average molecular weight is 322 g/mol. The van der Waals surface area contributed by atoms with Crippen LogP contribution in [-0.4, -0.2) is 27.2 Å². The monoisotopic (exact) mass is 321 g/mol. The molecule has 17 heavy (non-hydrogen) atoms. The predicted molar refractivity (Wildman–Crippen MR) is 66.8 cm³/mol. The smallest absolute Gasteiger partial charge is 0.322 e. The van der Waals surface area contributed by atoms with Crippen LogP contribution in [0, 0.1) is 0 Å². The Labute approximate surface area is 108 Å². The van der Waals surface area contributed by atoms with Gasteiger partial charge in [0, 0.05) is 11.0 Å². The van der Waals surface area contributed by atoms with Gasteiger partial charge in [0.1, 0.15) is 0 Å². The van der Waals surface area contributed by atoms with Crippen LogP contribution in [0.5, 0.6) is 0 Å². The second-order valence-electron chi connectivity index (χ2n) is 3.25. The molecule has 0 aliphatic rings. The third kappa shape index (κ3) is 4.84. The second-order valence-corrected chi connectivity index (χ2v) is 5.91. The van der Waals surface area contributed by atoms with Gasteiger partial charge in [-0.2, -0.15) is 0 Å². The molecule has 0 amide bonds. The molecule has 94 valence electrons. The Hall–Kier alpha value is -0.920. The lowest BCUT2D eigenvalue weighted by atomic mass is 10.2. The summed E-state index contributed by atoms with van der Waals surface area (Å²) in [7, 11) is -2.51. The van der Waals surface area contributed by atoms with E-state index in [-0.39, 0.29) is 6.54 Å². The van der Waals surface area contributed by atoms with Crippen molar-refractivity contribution in [2.75, 3.05) is 12.9 Å². The van der Waals surface area contributed by atoms with Crippen molar-refractivity contribution in [3.8, 4) is 0 Å². The Balaban J connectivity index is 2.62. The van der Waals surface area contributed by atoms with Gasteiger partial charge in [-0.15, -0.1) is 0 Å². The zero-order valence-electron chi connectivity index (χ0n) is 9.14. The van der Waals surface area contributed by atoms with Gasteiger partial charge in [-0.25, -0.2) is 13.1 Å². The lowest BCUT2D eigenvalue weighted by molar-refractivity contribution is -0.137. The first-order valence-corrected chi connectivity index (χ1v) is 7.16. The van der Waals surface area contributed by atoms with Gasteiger partial charge in [0.25, 0.3) is 0 Å². The van der Waals surface area contributed by atoms with Crippen LogP contribution in [0.4, 0.5) is 0 Å². The van der Waals surface area contributed by atoms with E-state index in [1.165, 1.54) is 0 Å². The maximum absolute atomic E-state index is 11.5. The van der Waals surface area contributed by atoms with E-state index in [9.17, 15) is 13.2 Å². The van der Waals surface area contributed by atoms with Crippen LogP contribution in [0.2, 0.25) is 0 Å². The number of ether oxygens (including phenoxy) is 1. The molecular weight excluding hydrogens is 310 g/mol. The van der Waals surface area contributed by atoms with Gasteiger partial charge in [-0.1, -0.05) is 34.1 Å². The van der Waals surface area contributed by atoms with Gasteiger partial charge in [0.15, 0.2) is 5.75 Å². The number of carbonyl (C=O) groups is 1. The number of carbonyl (C=O) groups excluding carboxylic acids is 1. The van der Waals surface area contributed by atoms with E-state index in [1.807, 2.05) is 12.1 Å². The fraction of sp³-hybridized carbons (Fsp3) is 0.300. The summed E-state index contributed by atoms with van der Waals surface area (Å²) >= 11 is 3.30. The van der Waals surface area contributed by atoms with E-state index >= 15 is 0 Å². The number of nitrogens with one attached hydrogen (secondary N) is 1. The van der Waals surface area contributed by atoms with Gasteiger partial charge < -0.3 is 4.74 Å². The normalized spacial score (nSPS) is 11.2. The van der Waals surface area contributed by atoms with Crippen molar-refractivity contribution in [2.24, 2.45) is 0 Å². The quantitative estimate of drug-likeness (QED) is 0.822. The van der Waals surface area contributed by atoms with Crippen LogP contribution in [0.25, 0.3) is 0 Å². The molecule has 0 bridgehead atoms. The molecule has 1 aromatic rings. The first-order valence-electron chi connectivity index (χ1n) is 4.72. The van der Waals surface area contributed by atoms with Crippen molar-refractivity contribution in [3.05, 3.63) is 34.3 Å². The lowest BCUT2D eigenvalue weighted by Crippen LogP contribution is -2.30. The van der Waals surface area contributed by atoms with Crippen molar-refractivity contribution in [2.45, 2.75) is 6.54 Å². The molecule has 1 rings (SSSR count). The number of hydrogen-bond acceptors (Lipinski definition) is 4. The van der Waals surface area contributed by atoms with E-state index in [4.69, 9.17) is 0 Å². The number of esters is 1. The molecule has 1 N–H and O–H groups in total. The lowest BCUT2D eigenvalue weighted by Gasteiger charge is -2.07. The molecule has 7 heteroatoms. The van der Waals surface area contributed by atoms with Crippen molar-refractivity contribution in [3.63, 3.8) is 0 Å². The van der Waals surface area contributed by atoms with E-state index < -0.39 is 21.7 Å². The summed E-state index contributed by atoms with van der Waals surface area (Å²) in [6.07, 6.45) is 0. The number of halogens is 1. The molecule has 0 fully saturated rings. The van der Waals surface area contributed by atoms with E-state index in [0.29, 0.717) is 0 Å². The van der Waals surface area contributed by atoms with E-state index in [0.717, 1.165) is 17.1 Å². The van der Waals surface area contributed by atoms with Crippen LogP contribution < -0.4 is 4.72 Å². The minimum absolute atomic E-state index is 0.126. The first-order chi connectivity index (χ1) is 7.94. The molecule has 1 aromatic carbocycles. The van der Waals surface area contributed by atoms with Gasteiger partial charge >= 0.3 is 5.97 Å². The van der Waals surface area contributed by atoms with Crippen molar-refractivity contribution in [1.82, 2.24) is 4.72 Å². The molecule has 0 saturated heterocycles. The van der Waals surface area contributed by atoms with Crippen molar-refractivity contribution >= 4 is 31.9 Å². The Morgan fingerprint density at radius 2 is 2.06 bits per heavy atom. The number of sulfonamides is 1. The van der Waals surface area contributed by atoms with Crippen LogP contribution in [0.1, 0.15) is 5.56 Å². The van der Waals surface area contributed by atoms with Crippen LogP contribution in [0.15, 0.2) is 28.7 Å². The minimum atomic E-state index is -3.65. The van der Waals surface area contributed by atoms with Gasteiger partial charge in [-0.05, 0) is 11.6 Å². The highest BCUT2D eigenvalue weighted by molar-refractivity contribution is 9.10. The third-order valence-corrected chi connectivity index (χ3v) is 3.95. The van der Waals surface area contributed by atoms with Crippen molar-refractivity contribution < 1.29 is 17.9 Å². The zero-order chi connectivity index (χ0) is 12.9. The fourth-order valence-corrected chi connectivity index (χ4v) is 2.43. The summed E-state index contributed by atoms with van der Waals surface area (Å²) in [5.41, 5.74) is 0.793. The largest absolute Gasteiger partial charge is 0.468 e. The SMILES string of the molecule is COC(=O)CS(=O)(=O)NCc1ccccc1Br. The topological polar surface area (TPSA) is 72.5 Å². The molecule has 0 saturated carbocycles. The van der Waals surface area contributed by atoms with E-state index in [1.54, 1.807) is 12.1 Å². The number of hydrogen-bond donors (Lipinski definition) is 1. The van der Waals surface area contributed by atoms with Crippen molar-refractivity contribution in [1.29, 1.82) is 0 Å². The van der Waals surface area contributed by atoms with Gasteiger partial charge in [-0.3, -0.25) is 4.79 Å². The summed E-state index contributed by atoms with van der Waals surface area (Å²) in [4.78, 5) is 10.9. The number of rotatable bonds is 5. The summed E-state index contributed by atoms with van der Waals surface area (Å²) < 4.78 is 30.3. The molecule has 5 nitrogen and oxygen atoms in total. The standard InChI is InChI=1S/C10H12BrNO4S/c1-16-10(13)7-17(14,15)12-6-8-4-2-3-5-9(8)11/h2-5,12H,6-7H2,1H3. The van der Waals surface area contributed by atoms with Crippen LogP contribution in [0.3, 0.4) is 0 Å². The molecular formula is C10H12BrNO4S. The van der Waals surface area contributed by atoms with Crippen LogP contribution >= 0.6 is 15.9 Å². The maximum atomic E-state index is 11.5. The Morgan fingerprint density at radius 3 is 2.65 bits per heavy atom. The molecule has 0 heterocycles. The van der Waals surface area contributed by atoms with E-state index in [2.05, 4.69) is 25.4 Å². The highest BCUT2D eigenvalue weighted by Crippen LogP contribution is 2.15. The average Bonchev–Trinajstić information content (AvgIpc) is 2.27. The third-order valence-electron chi connectivity index (χ3n) is 1.98. The zero-order valence-corrected chi connectivity index (χ0v) is 11.5. The molecule has 0 radical (unpaired) electrons. The molecule has 0 unspecified atom stereocenters. The number of methoxy groups -OCH3 is 1. The first kappa shape index (κ1) is 14.1. The van der Waals surface area contributed by atoms with Gasteiger partial charge in [0.2, 0.25) is 10.0 Å². The Morgan fingerprint density at radius 1 is 1.41 bits per heavy atom. The molecule has 0 aliphatic heterocycles. The molecule has 0 aliphatic carbocycles. The molecule has 0 spiro atoms. The predicted octanol–water partition coefficient (Wildman–Crippen LogP) is 1.04. The number of benzene rings is 1. The summed E-state index contributed by atoms with van der Waals surface area (Å²) in [6, 6.07) is 7.22. The van der Waals surface area contributed by atoms with Crippen LogP contribution in [-0.2, 0) is 26.1 Å². The summed E-state index contributed by atoms with van der Waals surface area (Å²) in [5, 5.41) is 0. The van der Waals surface area contributed by atoms with Gasteiger partial charge in [0.05, 0.1) is 7.11 Å². The fourth-order valence-electron chi connectivity index (χ4n) is 1.09. The maximum Gasteiger partial charge on any atom is 0.322 e. The molecule has 0 aromatic heterocycles. The molecule has 0 atom stereocenters. The second kappa shape index (κ2) is 6.13. The Kier molecular flexibility index (Phi) is 5.10.